The molecule has 1 aliphatic rings. The lowest BCUT2D eigenvalue weighted by atomic mass is 10.0. The van der Waals surface area contributed by atoms with Crippen LogP contribution in [0, 0.1) is 12.3 Å². The van der Waals surface area contributed by atoms with E-state index in [-0.39, 0.29) is 17.4 Å². The summed E-state index contributed by atoms with van der Waals surface area (Å²) < 4.78 is 0. The highest BCUT2D eigenvalue weighted by atomic mass is 35.5. The lowest BCUT2D eigenvalue weighted by Gasteiger charge is -2.06. The highest BCUT2D eigenvalue weighted by molar-refractivity contribution is 6.30. The van der Waals surface area contributed by atoms with Crippen molar-refractivity contribution in [1.29, 1.82) is 0 Å². The van der Waals surface area contributed by atoms with Gasteiger partial charge in [0.25, 0.3) is 5.91 Å². The average Bonchev–Trinajstić information content (AvgIpc) is 3.01. The Bertz CT molecular complexity index is 688. The van der Waals surface area contributed by atoms with Gasteiger partial charge < -0.3 is 5.32 Å². The second kappa shape index (κ2) is 5.44. The molecule has 2 aromatic carbocycles. The lowest BCUT2D eigenvalue weighted by molar-refractivity contribution is 0.0946. The molecule has 0 bridgehead atoms. The molecule has 1 amide bonds. The maximum atomic E-state index is 12.4. The number of halogens is 1. The first-order valence-electron chi connectivity index (χ1n) is 7.52. The summed E-state index contributed by atoms with van der Waals surface area (Å²) in [6.45, 7) is 6.39. The van der Waals surface area contributed by atoms with Gasteiger partial charge in [0.15, 0.2) is 0 Å². The predicted molar refractivity (Wildman–Crippen MR) is 90.4 cm³/mol. The zero-order valence-electron chi connectivity index (χ0n) is 13.1. The van der Waals surface area contributed by atoms with Gasteiger partial charge in [0, 0.05) is 22.5 Å². The maximum absolute atomic E-state index is 12.4. The van der Waals surface area contributed by atoms with Crippen LogP contribution in [0.1, 0.15) is 41.3 Å². The molecule has 2 atom stereocenters. The smallest absolute Gasteiger partial charge is 0.251 e. The number of nitrogens with one attached hydrogen (secondary N) is 1. The van der Waals surface area contributed by atoms with Crippen LogP contribution in [-0.4, -0.2) is 11.9 Å². The Hall–Kier alpha value is -1.80. The van der Waals surface area contributed by atoms with Crippen LogP contribution in [-0.2, 0) is 0 Å². The second-order valence-electron chi connectivity index (χ2n) is 6.67. The fourth-order valence-corrected chi connectivity index (χ4v) is 3.25. The van der Waals surface area contributed by atoms with Crippen LogP contribution in [0.5, 0.6) is 0 Å². The summed E-state index contributed by atoms with van der Waals surface area (Å²) in [5, 5.41) is 3.91. The van der Waals surface area contributed by atoms with E-state index in [4.69, 9.17) is 11.6 Å². The first-order chi connectivity index (χ1) is 10.4. The predicted octanol–water partition coefficient (Wildman–Crippen LogP) is 4.57. The largest absolute Gasteiger partial charge is 0.348 e. The van der Waals surface area contributed by atoms with Crippen molar-refractivity contribution in [2.24, 2.45) is 5.41 Å². The molecule has 1 saturated carbocycles. The van der Waals surface area contributed by atoms with E-state index in [2.05, 4.69) is 19.2 Å². The Labute approximate surface area is 136 Å². The van der Waals surface area contributed by atoms with Gasteiger partial charge in [-0.2, -0.15) is 0 Å². The monoisotopic (exact) mass is 313 g/mol. The summed E-state index contributed by atoms with van der Waals surface area (Å²) in [6.07, 6.45) is 0. The van der Waals surface area contributed by atoms with E-state index in [0.717, 1.165) is 10.6 Å². The molecule has 3 rings (SSSR count). The summed E-state index contributed by atoms with van der Waals surface area (Å²) in [4.78, 5) is 12.4. The lowest BCUT2D eigenvalue weighted by Crippen LogP contribution is -2.28. The molecule has 114 valence electrons. The number of carbonyl (C=O) groups excluding carboxylic acids is 1. The van der Waals surface area contributed by atoms with Crippen LogP contribution in [0.25, 0.3) is 0 Å². The first-order valence-corrected chi connectivity index (χ1v) is 7.90. The molecule has 2 aromatic rings. The van der Waals surface area contributed by atoms with E-state index in [1.54, 1.807) is 0 Å². The normalized spacial score (nSPS) is 22.2. The molecule has 0 heterocycles. The molecule has 1 aliphatic carbocycles. The molecule has 1 fully saturated rings. The Balaban J connectivity index is 1.74. The molecular formula is C19H20ClNO. The fraction of sp³-hybridized carbons (Fsp3) is 0.316. The van der Waals surface area contributed by atoms with Crippen molar-refractivity contribution in [3.05, 3.63) is 70.2 Å². The van der Waals surface area contributed by atoms with Crippen LogP contribution in [0.4, 0.5) is 0 Å². The molecule has 0 radical (unpaired) electrons. The molecule has 1 N–H and O–H groups in total. The standard InChI is InChI=1S/C19H20ClNO/c1-12-4-6-14(7-5-12)18(22)21-17-16(19(17,2)3)13-8-10-15(20)11-9-13/h4-11,16-17H,1-3H3,(H,21,22). The van der Waals surface area contributed by atoms with Crippen LogP contribution in [0.15, 0.2) is 48.5 Å². The van der Waals surface area contributed by atoms with Gasteiger partial charge in [-0.1, -0.05) is 55.3 Å². The number of amides is 1. The second-order valence-corrected chi connectivity index (χ2v) is 7.10. The van der Waals surface area contributed by atoms with Gasteiger partial charge in [-0.05, 0) is 42.2 Å². The number of hydrogen-bond donors (Lipinski definition) is 1. The van der Waals surface area contributed by atoms with Crippen molar-refractivity contribution in [1.82, 2.24) is 5.32 Å². The SMILES string of the molecule is Cc1ccc(C(=O)NC2C(c3ccc(Cl)cc3)C2(C)C)cc1. The Morgan fingerprint density at radius 3 is 2.23 bits per heavy atom. The molecular weight excluding hydrogens is 294 g/mol. The number of benzene rings is 2. The summed E-state index contributed by atoms with van der Waals surface area (Å²) in [5.74, 6) is 0.328. The topological polar surface area (TPSA) is 29.1 Å². The highest BCUT2D eigenvalue weighted by Crippen LogP contribution is 2.58. The number of carbonyl (C=O) groups is 1. The van der Waals surface area contributed by atoms with Crippen molar-refractivity contribution in [2.45, 2.75) is 32.7 Å². The summed E-state index contributed by atoms with van der Waals surface area (Å²) in [5.41, 5.74) is 3.16. The van der Waals surface area contributed by atoms with E-state index in [1.807, 2.05) is 55.5 Å². The van der Waals surface area contributed by atoms with Gasteiger partial charge >= 0.3 is 0 Å². The zero-order chi connectivity index (χ0) is 15.9. The molecule has 0 aromatic heterocycles. The summed E-state index contributed by atoms with van der Waals surface area (Å²) >= 11 is 5.95. The fourth-order valence-electron chi connectivity index (χ4n) is 3.13. The van der Waals surface area contributed by atoms with E-state index >= 15 is 0 Å². The third-order valence-electron chi connectivity index (χ3n) is 4.66. The Kier molecular flexibility index (Phi) is 3.73. The number of hydrogen-bond acceptors (Lipinski definition) is 1. The van der Waals surface area contributed by atoms with Gasteiger partial charge in [0.2, 0.25) is 0 Å². The average molecular weight is 314 g/mol. The van der Waals surface area contributed by atoms with Crippen LogP contribution in [0.2, 0.25) is 5.02 Å². The summed E-state index contributed by atoms with van der Waals surface area (Å²) in [7, 11) is 0. The molecule has 0 spiro atoms. The van der Waals surface area contributed by atoms with Crippen molar-refractivity contribution in [2.75, 3.05) is 0 Å². The van der Waals surface area contributed by atoms with Gasteiger partial charge in [-0.3, -0.25) is 4.79 Å². The van der Waals surface area contributed by atoms with Gasteiger partial charge in [0.05, 0.1) is 0 Å². The van der Waals surface area contributed by atoms with Gasteiger partial charge in [0.1, 0.15) is 0 Å². The van der Waals surface area contributed by atoms with E-state index < -0.39 is 0 Å². The van der Waals surface area contributed by atoms with Crippen molar-refractivity contribution >= 4 is 17.5 Å². The first kappa shape index (κ1) is 15.1. The minimum absolute atomic E-state index is 0.00506. The van der Waals surface area contributed by atoms with Gasteiger partial charge in [-0.25, -0.2) is 0 Å². The summed E-state index contributed by atoms with van der Waals surface area (Å²) in [6, 6.07) is 15.7. The molecule has 0 aliphatic heterocycles. The quantitative estimate of drug-likeness (QED) is 0.883. The zero-order valence-corrected chi connectivity index (χ0v) is 13.8. The van der Waals surface area contributed by atoms with Crippen LogP contribution < -0.4 is 5.32 Å². The molecule has 2 unspecified atom stereocenters. The van der Waals surface area contributed by atoms with Crippen LogP contribution >= 0.6 is 11.6 Å². The van der Waals surface area contributed by atoms with Gasteiger partial charge in [-0.15, -0.1) is 0 Å². The van der Waals surface area contributed by atoms with Crippen LogP contribution in [0.3, 0.4) is 0 Å². The molecule has 0 saturated heterocycles. The third kappa shape index (κ3) is 2.76. The highest BCUT2D eigenvalue weighted by Gasteiger charge is 2.59. The van der Waals surface area contributed by atoms with Crippen molar-refractivity contribution in [3.63, 3.8) is 0 Å². The maximum Gasteiger partial charge on any atom is 0.251 e. The van der Waals surface area contributed by atoms with E-state index in [1.165, 1.54) is 5.56 Å². The minimum Gasteiger partial charge on any atom is -0.348 e. The minimum atomic E-state index is -0.00506. The molecule has 2 nitrogen and oxygen atoms in total. The van der Waals surface area contributed by atoms with Crippen molar-refractivity contribution in [3.8, 4) is 0 Å². The molecule has 22 heavy (non-hydrogen) atoms. The number of rotatable bonds is 3. The molecule has 3 heteroatoms. The Morgan fingerprint density at radius 1 is 1.05 bits per heavy atom. The third-order valence-corrected chi connectivity index (χ3v) is 4.91. The van der Waals surface area contributed by atoms with E-state index in [9.17, 15) is 4.79 Å². The van der Waals surface area contributed by atoms with E-state index in [0.29, 0.717) is 11.5 Å². The van der Waals surface area contributed by atoms with Crippen molar-refractivity contribution < 1.29 is 4.79 Å². The number of aryl methyl sites for hydroxylation is 1. The Morgan fingerprint density at radius 2 is 1.64 bits per heavy atom.